The number of halogens is 2. The van der Waals surface area contributed by atoms with Crippen LogP contribution in [0.1, 0.15) is 27.7 Å². The van der Waals surface area contributed by atoms with Crippen molar-refractivity contribution in [3.8, 4) is 0 Å². The van der Waals surface area contributed by atoms with Crippen LogP contribution in [-0.2, 0) is 20.2 Å². The Morgan fingerprint density at radius 3 is 0.970 bits per heavy atom. The van der Waals surface area contributed by atoms with Gasteiger partial charge >= 0.3 is 0 Å². The van der Waals surface area contributed by atoms with E-state index in [0.29, 0.717) is 0 Å². The average molecular weight is 736 g/mol. The van der Waals surface area contributed by atoms with E-state index in [2.05, 4.69) is 48.3 Å². The van der Waals surface area contributed by atoms with E-state index >= 15 is 0 Å². The number of hydrogen-bond acceptors (Lipinski definition) is 8. The molecule has 0 amide bonds. The third-order valence-corrected chi connectivity index (χ3v) is 4.25. The number of rotatable bonds is 2. The molecule has 0 aromatic heterocycles. The standard InChI is InChI=1S/2C6H7NO3S.C2H7N.2C2H6.CH5N.I2/c2*7-5-3-1-2-4-6(5)11(8,9)10;1-3-2;4*1-2/h2*1-4H,7H2,(H,8,9,10);3H,1-2H3;2*1-2H3;2H2,1H3;. The summed E-state index contributed by atoms with van der Waals surface area (Å²) in [6.45, 7) is 8.00. The van der Waals surface area contributed by atoms with Crippen molar-refractivity contribution in [1.29, 1.82) is 0 Å². The Hall–Kier alpha value is -0.760. The SMILES string of the molecule is CC.CC.CN.CNC.II.Nc1ccccc1S(=O)(=O)O.Nc1ccccc1S(=O)(=O)O. The fraction of sp³-hybridized carbons (Fsp3) is 0.368. The van der Waals surface area contributed by atoms with Crippen molar-refractivity contribution < 1.29 is 25.9 Å². The fourth-order valence-electron chi connectivity index (χ4n) is 1.43. The number of nitrogen functional groups attached to an aromatic ring is 2. The summed E-state index contributed by atoms with van der Waals surface area (Å²) in [6.07, 6.45) is 0. The highest BCUT2D eigenvalue weighted by molar-refractivity contribution is 15.0. The summed E-state index contributed by atoms with van der Waals surface area (Å²) in [5.41, 5.74) is 15.1. The first kappa shape index (κ1) is 42.4. The molecule has 0 radical (unpaired) electrons. The third-order valence-electron chi connectivity index (χ3n) is 2.39. The molecule has 0 unspecified atom stereocenters. The predicted molar refractivity (Wildman–Crippen MR) is 157 cm³/mol. The molecule has 0 aliphatic heterocycles. The Labute approximate surface area is 222 Å². The highest BCUT2D eigenvalue weighted by Gasteiger charge is 2.12. The Morgan fingerprint density at radius 1 is 0.667 bits per heavy atom. The van der Waals surface area contributed by atoms with Crippen LogP contribution in [0.25, 0.3) is 0 Å². The zero-order valence-electron chi connectivity index (χ0n) is 20.0. The van der Waals surface area contributed by atoms with Crippen LogP contribution in [0.4, 0.5) is 11.4 Å². The second kappa shape index (κ2) is 27.5. The van der Waals surface area contributed by atoms with Crippen molar-refractivity contribution in [3.05, 3.63) is 48.5 Å². The first-order valence-electron chi connectivity index (χ1n) is 9.39. The molecular weight excluding hydrogens is 698 g/mol. The minimum atomic E-state index is -4.16. The minimum Gasteiger partial charge on any atom is -0.398 e. The predicted octanol–water partition coefficient (Wildman–Crippen LogP) is 4.27. The monoisotopic (exact) mass is 736 g/mol. The Balaban J connectivity index is -0.000000112. The van der Waals surface area contributed by atoms with Gasteiger partial charge in [0.1, 0.15) is 9.79 Å². The molecule has 0 bridgehead atoms. The van der Waals surface area contributed by atoms with Crippen LogP contribution >= 0.6 is 37.2 Å². The Bertz CT molecular complexity index is 827. The lowest BCUT2D eigenvalue weighted by Gasteiger charge is -1.98. The molecule has 0 spiro atoms. The summed E-state index contributed by atoms with van der Waals surface area (Å²) in [5, 5.41) is 2.75. The molecule has 10 nitrogen and oxygen atoms in total. The van der Waals surface area contributed by atoms with Crippen molar-refractivity contribution in [2.45, 2.75) is 37.5 Å². The highest BCUT2D eigenvalue weighted by atomic mass is 128. The average Bonchev–Trinajstić information content (AvgIpc) is 2.79. The largest absolute Gasteiger partial charge is 0.398 e. The molecule has 0 saturated heterocycles. The zero-order chi connectivity index (χ0) is 27.7. The topological polar surface area (TPSA) is 199 Å². The molecule has 9 N–H and O–H groups in total. The smallest absolute Gasteiger partial charge is 0.296 e. The maximum atomic E-state index is 10.5. The van der Waals surface area contributed by atoms with Gasteiger partial charge in [-0.05, 0) is 45.4 Å². The second-order valence-corrected chi connectivity index (χ2v) is 7.31. The number of nitrogens with one attached hydrogen (secondary N) is 1. The maximum absolute atomic E-state index is 10.5. The van der Waals surface area contributed by atoms with Gasteiger partial charge in [-0.25, -0.2) is 0 Å². The normalized spacial score (nSPS) is 8.85. The van der Waals surface area contributed by atoms with Crippen molar-refractivity contribution >= 4 is 68.8 Å². The molecule has 2 rings (SSSR count). The lowest BCUT2D eigenvalue weighted by Crippen LogP contribution is -2.02. The van der Waals surface area contributed by atoms with Gasteiger partial charge in [-0.3, -0.25) is 9.11 Å². The van der Waals surface area contributed by atoms with E-state index < -0.39 is 20.2 Å². The van der Waals surface area contributed by atoms with E-state index in [4.69, 9.17) is 20.6 Å². The quantitative estimate of drug-likeness (QED) is 0.147. The number of anilines is 2. The van der Waals surface area contributed by atoms with Crippen LogP contribution < -0.4 is 22.5 Å². The highest BCUT2D eigenvalue weighted by Crippen LogP contribution is 2.16. The number of para-hydroxylation sites is 2. The first-order valence-corrected chi connectivity index (χ1v) is 18.6. The van der Waals surface area contributed by atoms with Gasteiger partial charge in [0.2, 0.25) is 0 Å². The van der Waals surface area contributed by atoms with Gasteiger partial charge in [-0.15, -0.1) is 0 Å². The van der Waals surface area contributed by atoms with Crippen LogP contribution in [0.15, 0.2) is 58.3 Å². The molecule has 14 heteroatoms. The van der Waals surface area contributed by atoms with Crippen molar-refractivity contribution in [3.63, 3.8) is 0 Å². The van der Waals surface area contributed by atoms with Gasteiger partial charge < -0.3 is 22.5 Å². The van der Waals surface area contributed by atoms with Crippen LogP contribution in [0.2, 0.25) is 0 Å². The first-order chi connectivity index (χ1) is 15.4. The third kappa shape index (κ3) is 24.2. The Kier molecular flexibility index (Phi) is 35.3. The molecule has 0 atom stereocenters. The van der Waals surface area contributed by atoms with Crippen molar-refractivity contribution in [2.75, 3.05) is 32.6 Å². The van der Waals surface area contributed by atoms with E-state index in [1.807, 2.05) is 41.8 Å². The number of benzene rings is 2. The van der Waals surface area contributed by atoms with Crippen LogP contribution in [0, 0.1) is 0 Å². The van der Waals surface area contributed by atoms with E-state index in [9.17, 15) is 16.8 Å². The summed E-state index contributed by atoms with van der Waals surface area (Å²) in [5.74, 6) is 0. The fourth-order valence-corrected chi connectivity index (χ4v) is 2.66. The Morgan fingerprint density at radius 2 is 0.848 bits per heavy atom. The number of hydrogen-bond donors (Lipinski definition) is 6. The zero-order valence-corrected chi connectivity index (χ0v) is 25.9. The summed E-state index contributed by atoms with van der Waals surface area (Å²) in [4.78, 5) is -0.500. The molecule has 0 heterocycles. The van der Waals surface area contributed by atoms with Gasteiger partial charge in [-0.2, -0.15) is 16.8 Å². The van der Waals surface area contributed by atoms with Gasteiger partial charge in [0.05, 0.1) is 11.4 Å². The maximum Gasteiger partial charge on any atom is 0.296 e. The molecule has 33 heavy (non-hydrogen) atoms. The van der Waals surface area contributed by atoms with E-state index in [0.717, 1.165) is 0 Å². The van der Waals surface area contributed by atoms with Gasteiger partial charge in [0, 0.05) is 37.2 Å². The lowest BCUT2D eigenvalue weighted by molar-refractivity contribution is 0.481. The minimum absolute atomic E-state index is 0.0509. The molecule has 0 saturated carbocycles. The number of nitrogens with two attached hydrogens (primary N) is 3. The van der Waals surface area contributed by atoms with Crippen molar-refractivity contribution in [2.24, 2.45) is 5.73 Å². The van der Waals surface area contributed by atoms with Crippen LogP contribution in [0.3, 0.4) is 0 Å². The molecular formula is C19H38I2N4O6S2. The second-order valence-electron chi connectivity index (χ2n) is 4.53. The van der Waals surface area contributed by atoms with E-state index in [-0.39, 0.29) is 21.2 Å². The van der Waals surface area contributed by atoms with Gasteiger partial charge in [0.15, 0.2) is 0 Å². The molecule has 196 valence electrons. The summed E-state index contributed by atoms with van der Waals surface area (Å²) < 4.78 is 59.2. The van der Waals surface area contributed by atoms with Gasteiger partial charge in [-0.1, -0.05) is 52.0 Å². The lowest BCUT2D eigenvalue weighted by atomic mass is 10.3. The molecule has 0 fully saturated rings. The van der Waals surface area contributed by atoms with Crippen LogP contribution in [-0.4, -0.2) is 47.1 Å². The molecule has 0 aliphatic rings. The molecule has 2 aromatic carbocycles. The van der Waals surface area contributed by atoms with Crippen LogP contribution in [0.5, 0.6) is 0 Å². The molecule has 0 aliphatic carbocycles. The van der Waals surface area contributed by atoms with E-state index in [1.165, 1.54) is 43.4 Å². The van der Waals surface area contributed by atoms with E-state index in [1.54, 1.807) is 12.1 Å². The molecule has 2 aromatic rings. The van der Waals surface area contributed by atoms with Gasteiger partial charge in [0.25, 0.3) is 20.2 Å². The van der Waals surface area contributed by atoms with Crippen molar-refractivity contribution in [1.82, 2.24) is 5.32 Å². The summed E-state index contributed by atoms with van der Waals surface area (Å²) >= 11 is 4.24. The summed E-state index contributed by atoms with van der Waals surface area (Å²) in [7, 11) is -3.07. The summed E-state index contributed by atoms with van der Waals surface area (Å²) in [6, 6.07) is 11.4.